The van der Waals surface area contributed by atoms with E-state index in [2.05, 4.69) is 5.32 Å². The van der Waals surface area contributed by atoms with Crippen LogP contribution in [-0.2, 0) is 19.7 Å². The van der Waals surface area contributed by atoms with Gasteiger partial charge in [-0.2, -0.15) is 0 Å². The molecule has 0 unspecified atom stereocenters. The molecular weight excluding hydrogens is 387 g/mol. The quantitative estimate of drug-likeness (QED) is 0.400. The summed E-state index contributed by atoms with van der Waals surface area (Å²) in [5, 5.41) is 14.1. The number of aryl methyl sites for hydroxylation is 1. The molecule has 0 bridgehead atoms. The minimum atomic E-state index is -0.433. The highest BCUT2D eigenvalue weighted by molar-refractivity contribution is 5.43. The maximum atomic E-state index is 13.4. The van der Waals surface area contributed by atoms with Crippen molar-refractivity contribution in [3.05, 3.63) is 98.8 Å². The molecule has 0 spiro atoms. The lowest BCUT2D eigenvalue weighted by Gasteiger charge is -2.13. The first-order chi connectivity index (χ1) is 14.5. The Morgan fingerprint density at radius 1 is 0.933 bits per heavy atom. The molecule has 0 saturated heterocycles. The maximum absolute atomic E-state index is 13.4. The van der Waals surface area contributed by atoms with E-state index in [9.17, 15) is 14.5 Å². The van der Waals surface area contributed by atoms with Crippen LogP contribution in [0.25, 0.3) is 0 Å². The van der Waals surface area contributed by atoms with E-state index < -0.39 is 4.92 Å². The normalized spacial score (nSPS) is 10.6. The molecule has 0 fully saturated rings. The predicted octanol–water partition coefficient (Wildman–Crippen LogP) is 4.92. The number of halogens is 1. The summed E-state index contributed by atoms with van der Waals surface area (Å²) in [7, 11) is 1.58. The highest BCUT2D eigenvalue weighted by Crippen LogP contribution is 2.29. The van der Waals surface area contributed by atoms with Gasteiger partial charge in [-0.25, -0.2) is 4.39 Å². The molecule has 0 aliphatic rings. The lowest BCUT2D eigenvalue weighted by Crippen LogP contribution is -2.13. The second kappa shape index (κ2) is 9.84. The summed E-state index contributed by atoms with van der Waals surface area (Å²) in [6.07, 6.45) is 0. The summed E-state index contributed by atoms with van der Waals surface area (Å²) in [6.45, 7) is 3.27. The number of non-ortho nitro benzene ring substituents is 1. The van der Waals surface area contributed by atoms with Gasteiger partial charge in [-0.1, -0.05) is 18.2 Å². The van der Waals surface area contributed by atoms with E-state index in [4.69, 9.17) is 9.47 Å². The molecule has 0 radical (unpaired) electrons. The van der Waals surface area contributed by atoms with Crippen LogP contribution in [-0.4, -0.2) is 12.0 Å². The lowest BCUT2D eigenvalue weighted by molar-refractivity contribution is -0.384. The molecule has 3 aromatic rings. The fourth-order valence-corrected chi connectivity index (χ4v) is 2.98. The molecule has 3 rings (SSSR count). The number of ether oxygens (including phenoxy) is 2. The lowest BCUT2D eigenvalue weighted by atomic mass is 10.1. The van der Waals surface area contributed by atoms with Crippen LogP contribution >= 0.6 is 0 Å². The predicted molar refractivity (Wildman–Crippen MR) is 112 cm³/mol. The largest absolute Gasteiger partial charge is 0.493 e. The molecule has 0 aliphatic heterocycles. The van der Waals surface area contributed by atoms with Crippen molar-refractivity contribution in [2.24, 2.45) is 0 Å². The summed E-state index contributed by atoms with van der Waals surface area (Å²) >= 11 is 0. The van der Waals surface area contributed by atoms with Gasteiger partial charge in [-0.05, 0) is 59.5 Å². The van der Waals surface area contributed by atoms with Crippen molar-refractivity contribution < 1.29 is 18.8 Å². The van der Waals surface area contributed by atoms with Crippen LogP contribution in [0.4, 0.5) is 10.1 Å². The average Bonchev–Trinajstić information content (AvgIpc) is 2.75. The van der Waals surface area contributed by atoms with Crippen molar-refractivity contribution >= 4 is 5.69 Å². The Bertz CT molecular complexity index is 1020. The summed E-state index contributed by atoms with van der Waals surface area (Å²) < 4.78 is 24.6. The zero-order valence-corrected chi connectivity index (χ0v) is 16.9. The van der Waals surface area contributed by atoms with E-state index in [0.717, 1.165) is 16.7 Å². The van der Waals surface area contributed by atoms with E-state index >= 15 is 0 Å². The van der Waals surface area contributed by atoms with Crippen LogP contribution in [0.1, 0.15) is 22.3 Å². The van der Waals surface area contributed by atoms with Gasteiger partial charge in [0.2, 0.25) is 0 Å². The summed E-state index contributed by atoms with van der Waals surface area (Å²) in [6, 6.07) is 17.0. The minimum absolute atomic E-state index is 0.0454. The first-order valence-corrected chi connectivity index (χ1v) is 9.45. The number of rotatable bonds is 9. The smallest absolute Gasteiger partial charge is 0.269 e. The van der Waals surface area contributed by atoms with Crippen LogP contribution < -0.4 is 14.8 Å². The van der Waals surface area contributed by atoms with Gasteiger partial charge in [-0.15, -0.1) is 0 Å². The molecule has 3 aromatic carbocycles. The number of hydrogen-bond acceptors (Lipinski definition) is 5. The summed E-state index contributed by atoms with van der Waals surface area (Å²) in [4.78, 5) is 10.3. The standard InChI is InChI=1S/C23H23FN2O4/c1-16-11-18(5-9-21(16)24)13-25-14-19-6-10-22(23(12-19)29-2)30-15-17-3-7-20(8-4-17)26(27)28/h3-12,25H,13-15H2,1-2H3. The van der Waals surface area contributed by atoms with E-state index in [0.29, 0.717) is 30.2 Å². The molecule has 30 heavy (non-hydrogen) atoms. The monoisotopic (exact) mass is 410 g/mol. The number of benzene rings is 3. The van der Waals surface area contributed by atoms with Gasteiger partial charge in [0, 0.05) is 25.2 Å². The zero-order valence-electron chi connectivity index (χ0n) is 16.9. The molecular formula is C23H23FN2O4. The van der Waals surface area contributed by atoms with Gasteiger partial charge >= 0.3 is 0 Å². The van der Waals surface area contributed by atoms with Crippen LogP contribution in [0.15, 0.2) is 60.7 Å². The van der Waals surface area contributed by atoms with E-state index in [1.54, 1.807) is 32.2 Å². The Hall–Kier alpha value is -3.45. The van der Waals surface area contributed by atoms with Crippen molar-refractivity contribution in [3.63, 3.8) is 0 Å². The van der Waals surface area contributed by atoms with E-state index in [-0.39, 0.29) is 18.1 Å². The molecule has 6 nitrogen and oxygen atoms in total. The molecule has 7 heteroatoms. The Morgan fingerprint density at radius 2 is 1.57 bits per heavy atom. The van der Waals surface area contributed by atoms with Crippen molar-refractivity contribution in [2.75, 3.05) is 7.11 Å². The van der Waals surface area contributed by atoms with Crippen LogP contribution in [0.3, 0.4) is 0 Å². The third kappa shape index (κ3) is 5.55. The second-order valence-corrected chi connectivity index (χ2v) is 6.88. The van der Waals surface area contributed by atoms with Crippen molar-refractivity contribution in [3.8, 4) is 11.5 Å². The molecule has 0 amide bonds. The van der Waals surface area contributed by atoms with Gasteiger partial charge in [-0.3, -0.25) is 10.1 Å². The molecule has 0 atom stereocenters. The van der Waals surface area contributed by atoms with Crippen LogP contribution in [0.5, 0.6) is 11.5 Å². The molecule has 0 aromatic heterocycles. The number of methoxy groups -OCH3 is 1. The first kappa shape index (κ1) is 21.3. The Labute approximate surface area is 174 Å². The van der Waals surface area contributed by atoms with Gasteiger partial charge in [0.25, 0.3) is 5.69 Å². The Morgan fingerprint density at radius 3 is 2.20 bits per heavy atom. The number of nitrogens with one attached hydrogen (secondary N) is 1. The zero-order chi connectivity index (χ0) is 21.5. The number of nitrogens with zero attached hydrogens (tertiary/aromatic N) is 1. The topological polar surface area (TPSA) is 73.6 Å². The Balaban J connectivity index is 1.57. The van der Waals surface area contributed by atoms with E-state index in [1.807, 2.05) is 24.3 Å². The summed E-state index contributed by atoms with van der Waals surface area (Å²) in [5.41, 5.74) is 3.54. The van der Waals surface area contributed by atoms with Crippen molar-refractivity contribution in [2.45, 2.75) is 26.6 Å². The van der Waals surface area contributed by atoms with Crippen LogP contribution in [0, 0.1) is 22.9 Å². The molecule has 0 saturated carbocycles. The molecule has 1 N–H and O–H groups in total. The number of nitro groups is 1. The van der Waals surface area contributed by atoms with Gasteiger partial charge in [0.15, 0.2) is 11.5 Å². The fraction of sp³-hybridized carbons (Fsp3) is 0.217. The average molecular weight is 410 g/mol. The van der Waals surface area contributed by atoms with Gasteiger partial charge in [0.1, 0.15) is 12.4 Å². The third-order valence-corrected chi connectivity index (χ3v) is 4.65. The second-order valence-electron chi connectivity index (χ2n) is 6.88. The highest BCUT2D eigenvalue weighted by atomic mass is 19.1. The third-order valence-electron chi connectivity index (χ3n) is 4.65. The summed E-state index contributed by atoms with van der Waals surface area (Å²) in [5.74, 6) is 0.996. The molecule has 156 valence electrons. The SMILES string of the molecule is COc1cc(CNCc2ccc(F)c(C)c2)ccc1OCc1ccc([N+](=O)[O-])cc1. The van der Waals surface area contributed by atoms with Gasteiger partial charge in [0.05, 0.1) is 12.0 Å². The molecule has 0 heterocycles. The van der Waals surface area contributed by atoms with Crippen molar-refractivity contribution in [1.29, 1.82) is 0 Å². The number of hydrogen-bond donors (Lipinski definition) is 1. The van der Waals surface area contributed by atoms with Crippen LogP contribution in [0.2, 0.25) is 0 Å². The van der Waals surface area contributed by atoms with Crippen molar-refractivity contribution in [1.82, 2.24) is 5.32 Å². The van der Waals surface area contributed by atoms with Gasteiger partial charge < -0.3 is 14.8 Å². The number of nitro benzene ring substituents is 1. The van der Waals surface area contributed by atoms with E-state index in [1.165, 1.54) is 18.2 Å². The molecule has 0 aliphatic carbocycles. The Kier molecular flexibility index (Phi) is 6.98. The maximum Gasteiger partial charge on any atom is 0.269 e. The minimum Gasteiger partial charge on any atom is -0.493 e. The first-order valence-electron chi connectivity index (χ1n) is 9.45. The highest BCUT2D eigenvalue weighted by Gasteiger charge is 2.08. The fourth-order valence-electron chi connectivity index (χ4n) is 2.98.